The van der Waals surface area contributed by atoms with Gasteiger partial charge in [-0.15, -0.1) is 11.3 Å². The molecule has 1 aromatic heterocycles. The number of hydrogen-bond donors (Lipinski definition) is 0. The van der Waals surface area contributed by atoms with E-state index in [1.54, 1.807) is 0 Å². The molecule has 6 heteroatoms. The number of ether oxygens (including phenoxy) is 1. The number of carbonyl (C=O) groups excluding carboxylic acids is 2. The zero-order chi connectivity index (χ0) is 17.2. The maximum absolute atomic E-state index is 12.7. The molecule has 1 atom stereocenters. The third kappa shape index (κ3) is 3.09. The van der Waals surface area contributed by atoms with Crippen LogP contribution in [0.15, 0.2) is 17.5 Å². The van der Waals surface area contributed by atoms with Crippen LogP contribution < -0.4 is 0 Å². The van der Waals surface area contributed by atoms with Crippen LogP contribution in [0.5, 0.6) is 0 Å². The Hall–Kier alpha value is -1.40. The van der Waals surface area contributed by atoms with E-state index in [-0.39, 0.29) is 23.1 Å². The molecule has 3 heterocycles. The van der Waals surface area contributed by atoms with Crippen molar-refractivity contribution in [2.24, 2.45) is 11.3 Å². The normalized spacial score (nSPS) is 23.2. The number of hydrogen-bond acceptors (Lipinski definition) is 4. The van der Waals surface area contributed by atoms with Crippen LogP contribution in [0, 0.1) is 11.3 Å². The smallest absolute Gasteiger partial charge is 0.263 e. The molecule has 0 radical (unpaired) electrons. The Morgan fingerprint density at radius 1 is 1.38 bits per heavy atom. The van der Waals surface area contributed by atoms with Crippen molar-refractivity contribution < 1.29 is 14.3 Å². The van der Waals surface area contributed by atoms with Gasteiger partial charge < -0.3 is 14.5 Å². The quantitative estimate of drug-likeness (QED) is 0.820. The summed E-state index contributed by atoms with van der Waals surface area (Å²) in [6.07, 6.45) is 1.76. The first-order chi connectivity index (χ1) is 11.6. The lowest BCUT2D eigenvalue weighted by Crippen LogP contribution is -2.47. The van der Waals surface area contributed by atoms with Gasteiger partial charge in [-0.25, -0.2) is 0 Å². The van der Waals surface area contributed by atoms with Crippen LogP contribution in [0.4, 0.5) is 0 Å². The zero-order valence-electron chi connectivity index (χ0n) is 14.5. The molecule has 2 aliphatic rings. The average Bonchev–Trinajstić information content (AvgIpc) is 3.21. The molecule has 2 saturated heterocycles. The molecule has 0 bridgehead atoms. The molecule has 0 unspecified atom stereocenters. The summed E-state index contributed by atoms with van der Waals surface area (Å²) in [6.45, 7) is 8.15. The molecule has 5 nitrogen and oxygen atoms in total. The third-order valence-corrected chi connectivity index (χ3v) is 6.36. The van der Waals surface area contributed by atoms with Crippen LogP contribution in [0.1, 0.15) is 36.4 Å². The summed E-state index contributed by atoms with van der Waals surface area (Å²) < 4.78 is 5.62. The summed E-state index contributed by atoms with van der Waals surface area (Å²) in [4.78, 5) is 29.9. The lowest BCUT2D eigenvalue weighted by molar-refractivity contribution is -0.133. The zero-order valence-corrected chi connectivity index (χ0v) is 15.3. The SMILES string of the molecule is CCOC[C@@H]1C(=O)N(CC)CC12CCN(C(=O)c1cccs1)CC2. The predicted octanol–water partition coefficient (Wildman–Crippen LogP) is 2.49. The third-order valence-electron chi connectivity index (χ3n) is 5.50. The van der Waals surface area contributed by atoms with E-state index in [2.05, 4.69) is 0 Å². The van der Waals surface area contributed by atoms with Crippen molar-refractivity contribution in [3.63, 3.8) is 0 Å². The number of thiophene rings is 1. The first-order valence-corrected chi connectivity index (χ1v) is 9.68. The number of nitrogens with zero attached hydrogens (tertiary/aromatic N) is 2. The highest BCUT2D eigenvalue weighted by Gasteiger charge is 2.52. The molecule has 24 heavy (non-hydrogen) atoms. The molecular weight excluding hydrogens is 324 g/mol. The second-order valence-corrected chi connectivity index (χ2v) is 7.64. The molecule has 1 spiro atoms. The van der Waals surface area contributed by atoms with Gasteiger partial charge in [0.05, 0.1) is 17.4 Å². The molecule has 0 aliphatic carbocycles. The van der Waals surface area contributed by atoms with Gasteiger partial charge in [0.25, 0.3) is 5.91 Å². The fourth-order valence-corrected chi connectivity index (χ4v) is 4.71. The Morgan fingerprint density at radius 2 is 2.12 bits per heavy atom. The average molecular weight is 350 g/mol. The van der Waals surface area contributed by atoms with Gasteiger partial charge in [-0.05, 0) is 38.1 Å². The lowest BCUT2D eigenvalue weighted by Gasteiger charge is -2.41. The van der Waals surface area contributed by atoms with Gasteiger partial charge in [-0.3, -0.25) is 9.59 Å². The van der Waals surface area contributed by atoms with Crippen LogP contribution in [0.25, 0.3) is 0 Å². The van der Waals surface area contributed by atoms with E-state index in [4.69, 9.17) is 4.74 Å². The Bertz CT molecular complexity index is 579. The first-order valence-electron chi connectivity index (χ1n) is 8.80. The summed E-state index contributed by atoms with van der Waals surface area (Å²) >= 11 is 1.49. The highest BCUT2D eigenvalue weighted by atomic mass is 32.1. The van der Waals surface area contributed by atoms with Crippen molar-refractivity contribution in [2.75, 3.05) is 39.4 Å². The monoisotopic (exact) mass is 350 g/mol. The van der Waals surface area contributed by atoms with Crippen LogP contribution in [0.3, 0.4) is 0 Å². The summed E-state index contributed by atoms with van der Waals surface area (Å²) in [5, 5.41) is 1.94. The molecule has 2 fully saturated rings. The van der Waals surface area contributed by atoms with Gasteiger partial charge in [0.1, 0.15) is 0 Å². The van der Waals surface area contributed by atoms with Gasteiger partial charge in [-0.2, -0.15) is 0 Å². The van der Waals surface area contributed by atoms with Crippen molar-refractivity contribution in [3.8, 4) is 0 Å². The number of rotatable bonds is 5. The molecule has 0 N–H and O–H groups in total. The molecule has 132 valence electrons. The van der Waals surface area contributed by atoms with Crippen molar-refractivity contribution >= 4 is 23.2 Å². The van der Waals surface area contributed by atoms with Crippen molar-refractivity contribution in [3.05, 3.63) is 22.4 Å². The standard InChI is InChI=1S/C18H26N2O3S/c1-3-19-13-18(14(16(19)21)12-23-4-2)7-9-20(10-8-18)17(22)15-6-5-11-24-15/h5-6,11,14H,3-4,7-10,12-13H2,1-2H3/t14-/m1/s1. The predicted molar refractivity (Wildman–Crippen MR) is 94.1 cm³/mol. The van der Waals surface area contributed by atoms with Gasteiger partial charge in [0.15, 0.2) is 0 Å². The number of carbonyl (C=O) groups is 2. The van der Waals surface area contributed by atoms with E-state index in [1.807, 2.05) is 41.2 Å². The second-order valence-electron chi connectivity index (χ2n) is 6.70. The maximum Gasteiger partial charge on any atom is 0.263 e. The Morgan fingerprint density at radius 3 is 2.71 bits per heavy atom. The van der Waals surface area contributed by atoms with E-state index in [1.165, 1.54) is 11.3 Å². The minimum atomic E-state index is -0.0589. The number of piperidine rings is 1. The molecule has 2 aliphatic heterocycles. The van der Waals surface area contributed by atoms with E-state index < -0.39 is 0 Å². The highest BCUT2D eigenvalue weighted by Crippen LogP contribution is 2.45. The summed E-state index contributed by atoms with van der Waals surface area (Å²) in [6, 6.07) is 3.80. The van der Waals surface area contributed by atoms with Gasteiger partial charge in [0, 0.05) is 38.2 Å². The number of amides is 2. The van der Waals surface area contributed by atoms with E-state index in [9.17, 15) is 9.59 Å². The topological polar surface area (TPSA) is 49.9 Å². The van der Waals surface area contributed by atoms with Gasteiger partial charge >= 0.3 is 0 Å². The van der Waals surface area contributed by atoms with Crippen molar-refractivity contribution in [1.82, 2.24) is 9.80 Å². The summed E-state index contributed by atoms with van der Waals surface area (Å²) in [5.41, 5.74) is -0.0332. The van der Waals surface area contributed by atoms with E-state index in [0.717, 1.165) is 43.9 Å². The minimum absolute atomic E-state index is 0.0332. The molecule has 0 saturated carbocycles. The molecule has 1 aromatic rings. The fourth-order valence-electron chi connectivity index (χ4n) is 4.02. The van der Waals surface area contributed by atoms with Crippen molar-refractivity contribution in [1.29, 1.82) is 0 Å². The Kier molecular flexibility index (Phi) is 5.25. The Balaban J connectivity index is 1.70. The fraction of sp³-hybridized carbons (Fsp3) is 0.667. The van der Waals surface area contributed by atoms with Crippen LogP contribution in [0.2, 0.25) is 0 Å². The second kappa shape index (κ2) is 7.23. The highest BCUT2D eigenvalue weighted by molar-refractivity contribution is 7.12. The largest absolute Gasteiger partial charge is 0.381 e. The van der Waals surface area contributed by atoms with Crippen LogP contribution >= 0.6 is 11.3 Å². The van der Waals surface area contributed by atoms with E-state index >= 15 is 0 Å². The molecule has 3 rings (SSSR count). The molecular formula is C18H26N2O3S. The molecule has 2 amide bonds. The maximum atomic E-state index is 12.7. The molecule has 0 aromatic carbocycles. The van der Waals surface area contributed by atoms with Gasteiger partial charge in [0.2, 0.25) is 5.91 Å². The Labute approximate surface area is 147 Å². The van der Waals surface area contributed by atoms with E-state index in [0.29, 0.717) is 13.2 Å². The van der Waals surface area contributed by atoms with Crippen molar-refractivity contribution in [2.45, 2.75) is 26.7 Å². The van der Waals surface area contributed by atoms with Crippen LogP contribution in [-0.4, -0.2) is 61.0 Å². The van der Waals surface area contributed by atoms with Crippen LogP contribution in [-0.2, 0) is 9.53 Å². The minimum Gasteiger partial charge on any atom is -0.381 e. The number of likely N-dealkylation sites (tertiary alicyclic amines) is 2. The first kappa shape index (κ1) is 17.4. The van der Waals surface area contributed by atoms with Gasteiger partial charge in [-0.1, -0.05) is 6.07 Å². The lowest BCUT2D eigenvalue weighted by atomic mass is 9.71. The summed E-state index contributed by atoms with van der Waals surface area (Å²) in [5.74, 6) is 0.290. The summed E-state index contributed by atoms with van der Waals surface area (Å²) in [7, 11) is 0.